The number of likely N-dealkylation sites (tertiary alicyclic amines) is 1. The summed E-state index contributed by atoms with van der Waals surface area (Å²) in [6.45, 7) is 1.11. The van der Waals surface area contributed by atoms with E-state index in [1.54, 1.807) is 9.58 Å². The Morgan fingerprint density at radius 2 is 1.57 bits per heavy atom. The van der Waals surface area contributed by atoms with Gasteiger partial charge in [0, 0.05) is 36.8 Å². The maximum atomic E-state index is 12.9. The summed E-state index contributed by atoms with van der Waals surface area (Å²) in [5.41, 5.74) is 4.65. The largest absolute Gasteiger partial charge is 0.460 e. The van der Waals surface area contributed by atoms with Crippen LogP contribution in [0.2, 0.25) is 0 Å². The van der Waals surface area contributed by atoms with Crippen LogP contribution in [0.4, 0.5) is 0 Å². The van der Waals surface area contributed by atoms with Crippen molar-refractivity contribution in [2.45, 2.75) is 19.4 Å². The number of rotatable bonds is 8. The van der Waals surface area contributed by atoms with Crippen LogP contribution < -0.4 is 0 Å². The molecule has 4 aromatic rings. The third-order valence-corrected chi connectivity index (χ3v) is 6.29. The van der Waals surface area contributed by atoms with Gasteiger partial charge in [-0.3, -0.25) is 9.59 Å². The van der Waals surface area contributed by atoms with Crippen LogP contribution in [0.15, 0.2) is 97.2 Å². The fraction of sp³-hybridized carbons (Fsp3) is 0.207. The van der Waals surface area contributed by atoms with Crippen LogP contribution in [0.3, 0.4) is 0 Å². The maximum Gasteiger partial charge on any atom is 0.311 e. The summed E-state index contributed by atoms with van der Waals surface area (Å²) in [5, 5.41) is 4.77. The minimum Gasteiger partial charge on any atom is -0.460 e. The van der Waals surface area contributed by atoms with Gasteiger partial charge in [0.15, 0.2) is 0 Å². The van der Waals surface area contributed by atoms with Crippen LogP contribution in [-0.2, 0) is 27.4 Å². The van der Waals surface area contributed by atoms with Gasteiger partial charge < -0.3 is 9.64 Å². The van der Waals surface area contributed by atoms with Crippen molar-refractivity contribution in [1.29, 1.82) is 0 Å². The summed E-state index contributed by atoms with van der Waals surface area (Å²) in [7, 11) is 0. The second kappa shape index (κ2) is 10.4. The molecule has 6 nitrogen and oxygen atoms in total. The van der Waals surface area contributed by atoms with E-state index in [1.807, 2.05) is 97.2 Å². The van der Waals surface area contributed by atoms with Gasteiger partial charge in [-0.2, -0.15) is 5.10 Å². The van der Waals surface area contributed by atoms with Crippen LogP contribution in [-0.4, -0.2) is 39.6 Å². The fourth-order valence-corrected chi connectivity index (χ4v) is 4.39. The molecule has 0 saturated carbocycles. The molecule has 0 aliphatic carbocycles. The van der Waals surface area contributed by atoms with Gasteiger partial charge in [0.2, 0.25) is 5.91 Å². The van der Waals surface area contributed by atoms with E-state index in [0.717, 1.165) is 28.9 Å². The van der Waals surface area contributed by atoms with Gasteiger partial charge in [-0.05, 0) is 24.1 Å². The second-order valence-electron chi connectivity index (χ2n) is 8.73. The third-order valence-electron chi connectivity index (χ3n) is 6.29. The van der Waals surface area contributed by atoms with Gasteiger partial charge in [-0.25, -0.2) is 4.68 Å². The predicted octanol–water partition coefficient (Wildman–Crippen LogP) is 4.67. The zero-order chi connectivity index (χ0) is 24.0. The number of carbonyl (C=O) groups excluding carboxylic acids is 2. The Morgan fingerprint density at radius 3 is 2.29 bits per heavy atom. The molecule has 35 heavy (non-hydrogen) atoms. The summed E-state index contributed by atoms with van der Waals surface area (Å²) in [5.74, 6) is -0.778. The van der Waals surface area contributed by atoms with E-state index in [-0.39, 0.29) is 24.9 Å². The predicted molar refractivity (Wildman–Crippen MR) is 134 cm³/mol. The van der Waals surface area contributed by atoms with E-state index in [4.69, 9.17) is 9.84 Å². The summed E-state index contributed by atoms with van der Waals surface area (Å²) >= 11 is 0. The summed E-state index contributed by atoms with van der Waals surface area (Å²) in [6.07, 6.45) is 2.87. The number of benzene rings is 3. The lowest BCUT2D eigenvalue weighted by atomic mass is 10.1. The number of para-hydroxylation sites is 1. The molecular formula is C29H27N3O3. The van der Waals surface area contributed by atoms with Crippen molar-refractivity contribution in [3.63, 3.8) is 0 Å². The number of ether oxygens (including phenoxy) is 1. The van der Waals surface area contributed by atoms with E-state index < -0.39 is 5.92 Å². The van der Waals surface area contributed by atoms with Gasteiger partial charge in [-0.1, -0.05) is 78.9 Å². The Kier molecular flexibility index (Phi) is 6.70. The molecule has 0 spiro atoms. The third kappa shape index (κ3) is 5.32. The summed E-state index contributed by atoms with van der Waals surface area (Å²) in [6, 6.07) is 29.7. The number of aromatic nitrogens is 2. The first-order valence-corrected chi connectivity index (χ1v) is 11.8. The van der Waals surface area contributed by atoms with Crippen molar-refractivity contribution < 1.29 is 14.3 Å². The first-order chi connectivity index (χ1) is 17.2. The molecule has 5 rings (SSSR count). The maximum absolute atomic E-state index is 12.9. The number of amides is 1. The zero-order valence-electron chi connectivity index (χ0n) is 19.4. The molecule has 1 aliphatic heterocycles. The van der Waals surface area contributed by atoms with E-state index in [2.05, 4.69) is 0 Å². The van der Waals surface area contributed by atoms with Crippen molar-refractivity contribution >= 4 is 11.9 Å². The van der Waals surface area contributed by atoms with Crippen LogP contribution in [0, 0.1) is 5.92 Å². The average Bonchev–Trinajstić information content (AvgIpc) is 3.51. The highest BCUT2D eigenvalue weighted by Crippen LogP contribution is 2.26. The number of carbonyl (C=O) groups is 2. The van der Waals surface area contributed by atoms with Gasteiger partial charge in [-0.15, -0.1) is 0 Å². The number of nitrogens with zero attached hydrogens (tertiary/aromatic N) is 3. The van der Waals surface area contributed by atoms with Crippen LogP contribution in [0.1, 0.15) is 17.5 Å². The van der Waals surface area contributed by atoms with E-state index >= 15 is 0 Å². The Balaban J connectivity index is 1.25. The molecule has 1 aromatic heterocycles. The minimum absolute atomic E-state index is 0.00440. The molecule has 2 heterocycles. The molecule has 0 bridgehead atoms. The standard InChI is InChI=1S/C29H27N3O3/c33-27-18-24(19-31(27)17-16-22-10-4-1-5-11-22)29(34)35-21-25-20-32(26-14-8-3-9-15-26)30-28(25)23-12-6-2-7-13-23/h1-15,20,24H,16-19,21H2. The van der Waals surface area contributed by atoms with Gasteiger partial charge in [0.05, 0.1) is 17.3 Å². The molecule has 0 radical (unpaired) electrons. The Hall–Kier alpha value is -4.19. The molecule has 0 N–H and O–H groups in total. The first kappa shape index (κ1) is 22.6. The Bertz CT molecular complexity index is 1290. The first-order valence-electron chi connectivity index (χ1n) is 11.8. The lowest BCUT2D eigenvalue weighted by Crippen LogP contribution is -2.28. The second-order valence-corrected chi connectivity index (χ2v) is 8.73. The molecule has 1 aliphatic rings. The molecule has 1 saturated heterocycles. The van der Waals surface area contributed by atoms with Crippen LogP contribution in [0.25, 0.3) is 16.9 Å². The zero-order valence-corrected chi connectivity index (χ0v) is 19.4. The van der Waals surface area contributed by atoms with E-state index in [0.29, 0.717) is 13.1 Å². The molecule has 6 heteroatoms. The van der Waals surface area contributed by atoms with Gasteiger partial charge >= 0.3 is 5.97 Å². The lowest BCUT2D eigenvalue weighted by molar-refractivity contribution is -0.149. The number of hydrogen-bond acceptors (Lipinski definition) is 4. The molecule has 1 atom stereocenters. The average molecular weight is 466 g/mol. The monoisotopic (exact) mass is 465 g/mol. The smallest absolute Gasteiger partial charge is 0.311 e. The summed E-state index contributed by atoms with van der Waals surface area (Å²) in [4.78, 5) is 27.1. The highest BCUT2D eigenvalue weighted by Gasteiger charge is 2.35. The minimum atomic E-state index is -0.442. The van der Waals surface area contributed by atoms with Gasteiger partial charge in [0.25, 0.3) is 0 Å². The van der Waals surface area contributed by atoms with E-state index in [9.17, 15) is 9.59 Å². The van der Waals surface area contributed by atoms with Crippen molar-refractivity contribution in [3.05, 3.63) is 108 Å². The Labute approximate surface area is 204 Å². The van der Waals surface area contributed by atoms with Crippen molar-refractivity contribution in [2.24, 2.45) is 5.92 Å². The molecule has 3 aromatic carbocycles. The van der Waals surface area contributed by atoms with Crippen molar-refractivity contribution in [1.82, 2.24) is 14.7 Å². The molecule has 1 amide bonds. The Morgan fingerprint density at radius 1 is 0.914 bits per heavy atom. The molecule has 1 fully saturated rings. The lowest BCUT2D eigenvalue weighted by Gasteiger charge is -2.16. The van der Waals surface area contributed by atoms with Crippen molar-refractivity contribution in [2.75, 3.05) is 13.1 Å². The van der Waals surface area contributed by atoms with Crippen LogP contribution in [0.5, 0.6) is 0 Å². The highest BCUT2D eigenvalue weighted by molar-refractivity contribution is 5.86. The summed E-state index contributed by atoms with van der Waals surface area (Å²) < 4.78 is 7.51. The number of hydrogen-bond donors (Lipinski definition) is 0. The molecular weight excluding hydrogens is 438 g/mol. The van der Waals surface area contributed by atoms with Gasteiger partial charge in [0.1, 0.15) is 6.61 Å². The topological polar surface area (TPSA) is 64.4 Å². The number of esters is 1. The SMILES string of the molecule is O=C(OCc1cn(-c2ccccc2)nc1-c1ccccc1)C1CC(=O)N(CCc2ccccc2)C1. The quantitative estimate of drug-likeness (QED) is 0.355. The van der Waals surface area contributed by atoms with Crippen molar-refractivity contribution in [3.8, 4) is 16.9 Å². The van der Waals surface area contributed by atoms with E-state index in [1.165, 1.54) is 5.56 Å². The fourth-order valence-electron chi connectivity index (χ4n) is 4.39. The molecule has 176 valence electrons. The van der Waals surface area contributed by atoms with Crippen LogP contribution >= 0.6 is 0 Å². The highest BCUT2D eigenvalue weighted by atomic mass is 16.5. The molecule has 1 unspecified atom stereocenters. The normalized spacial score (nSPS) is 15.4.